The Labute approximate surface area is 214 Å². The van der Waals surface area contributed by atoms with E-state index < -0.39 is 40.5 Å². The zero-order chi connectivity index (χ0) is 29.0. The molecule has 0 amide bonds. The van der Waals surface area contributed by atoms with Gasteiger partial charge in [0, 0.05) is 12.8 Å². The van der Waals surface area contributed by atoms with Gasteiger partial charge in [0.1, 0.15) is 30.4 Å². The van der Waals surface area contributed by atoms with E-state index in [1.54, 1.807) is 33.8 Å². The first-order valence-corrected chi connectivity index (χ1v) is 11.8. The maximum absolute atomic E-state index is 13.6. The monoisotopic (exact) mass is 540 g/mol. The maximum atomic E-state index is 13.6. The topological polar surface area (TPSA) is 2.70 Å². The third-order valence-electron chi connectivity index (χ3n) is 5.57. The van der Waals surface area contributed by atoms with Crippen LogP contribution in [-0.2, 0) is 27.5 Å². The van der Waals surface area contributed by atoms with E-state index in [0.29, 0.717) is 11.6 Å². The highest BCUT2D eigenvalue weighted by Crippen LogP contribution is 2.37. The van der Waals surface area contributed by atoms with Crippen molar-refractivity contribution in [3.8, 4) is 0 Å². The van der Waals surface area contributed by atoms with Crippen LogP contribution < -0.4 is 0 Å². The van der Waals surface area contributed by atoms with Gasteiger partial charge in [0.2, 0.25) is 0 Å². The number of hydrogen-bond donors (Lipinski definition) is 0. The first-order valence-electron chi connectivity index (χ1n) is 11.8. The van der Waals surface area contributed by atoms with Gasteiger partial charge in [0.15, 0.2) is 0 Å². The molecule has 2 aromatic rings. The number of hydrogen-bond acceptors (Lipinski definition) is 0. The molecule has 2 aromatic carbocycles. The van der Waals surface area contributed by atoms with Crippen molar-refractivity contribution in [3.63, 3.8) is 0 Å². The van der Waals surface area contributed by atoms with Crippen molar-refractivity contribution >= 4 is 0 Å². The van der Waals surface area contributed by atoms with Crippen molar-refractivity contribution in [3.05, 3.63) is 76.9 Å². The van der Waals surface area contributed by atoms with Crippen molar-refractivity contribution < 1.29 is 39.5 Å². The number of aryl methyl sites for hydroxylation is 1. The van der Waals surface area contributed by atoms with Gasteiger partial charge in [-0.2, -0.15) is 26.3 Å². The average molecular weight is 541 g/mol. The summed E-state index contributed by atoms with van der Waals surface area (Å²) in [7, 11) is 3.69. The average Bonchev–Trinajstić information content (AvgIpc) is 3.16. The van der Waals surface area contributed by atoms with Crippen LogP contribution in [-0.4, -0.2) is 13.2 Å². The predicted molar refractivity (Wildman–Crippen MR) is 130 cm³/mol. The van der Waals surface area contributed by atoms with E-state index >= 15 is 0 Å². The first-order chi connectivity index (χ1) is 16.5. The quantitative estimate of drug-likeness (QED) is 0.178. The number of rotatable bonds is 0. The molecule has 9 heteroatoms. The normalized spacial score (nSPS) is 15.0. The van der Waals surface area contributed by atoms with Gasteiger partial charge >= 0.3 is 12.4 Å². The molecule has 3 rings (SSSR count). The summed E-state index contributed by atoms with van der Waals surface area (Å²) in [5, 5.41) is 0. The van der Waals surface area contributed by atoms with Gasteiger partial charge in [-0.15, -0.1) is 0 Å². The second kappa shape index (κ2) is 12.1. The highest BCUT2D eigenvalue weighted by atomic mass is 19.4. The van der Waals surface area contributed by atoms with E-state index in [1.807, 2.05) is 20.8 Å². The number of benzene rings is 2. The molecule has 0 spiro atoms. The molecule has 0 saturated carbocycles. The highest BCUT2D eigenvalue weighted by Gasteiger charge is 2.39. The third-order valence-corrected chi connectivity index (χ3v) is 5.57. The lowest BCUT2D eigenvalue weighted by molar-refractivity contribution is -0.142. The molecule has 0 radical (unpaired) electrons. The molecule has 1 aliphatic heterocycles. The largest absolute Gasteiger partial charge is 0.570 e. The fourth-order valence-corrected chi connectivity index (χ4v) is 3.49. The minimum atomic E-state index is -5.02. The highest BCUT2D eigenvalue weighted by molar-refractivity contribution is 5.35. The van der Waals surface area contributed by atoms with E-state index in [2.05, 4.69) is 11.5 Å². The van der Waals surface area contributed by atoms with Gasteiger partial charge in [-0.25, -0.2) is 8.78 Å². The van der Waals surface area contributed by atoms with E-state index in [9.17, 15) is 35.1 Å². The molecule has 0 aromatic heterocycles. The van der Waals surface area contributed by atoms with Crippen molar-refractivity contribution in [1.82, 2.24) is 0 Å². The van der Waals surface area contributed by atoms with Gasteiger partial charge in [-0.05, 0) is 47.1 Å². The summed E-state index contributed by atoms with van der Waals surface area (Å²) in [5.41, 5.74) is -2.23. The molecular weight excluding hydrogens is 504 g/mol. The fourth-order valence-electron chi connectivity index (χ4n) is 3.49. The van der Waals surface area contributed by atoms with Crippen LogP contribution >= 0.6 is 0 Å². The number of halogens is 8. The van der Waals surface area contributed by atoms with Gasteiger partial charge < -0.3 is 4.37 Å². The number of alkyl halides is 6. The van der Waals surface area contributed by atoms with Gasteiger partial charge in [-0.1, -0.05) is 66.3 Å². The smallest absolute Gasteiger partial charge is 0.422 e. The lowest BCUT2D eigenvalue weighted by Crippen LogP contribution is -2.19. The fraction of sp³-hybridized carbons (Fsp3) is 0.536. The SMILES string of the molecule is CC(C)(C)c1ccc(F)c(C(F)(F)F)c1F.Cc1cc(C(C)(C)C)cc(C(F)(F)F)c1.[CH2-][O+]1CCCC1. The molecule has 0 N–H and O–H groups in total. The summed E-state index contributed by atoms with van der Waals surface area (Å²) in [6, 6.07) is 5.89. The van der Waals surface area contributed by atoms with Crippen LogP contribution in [0, 0.1) is 25.7 Å². The van der Waals surface area contributed by atoms with Gasteiger partial charge in [0.05, 0.1) is 5.56 Å². The molecule has 1 aliphatic rings. The Morgan fingerprint density at radius 1 is 0.703 bits per heavy atom. The lowest BCUT2D eigenvalue weighted by Gasteiger charge is -2.22. The second-order valence-electron chi connectivity index (χ2n) is 11.1. The maximum Gasteiger partial charge on any atom is 0.422 e. The molecule has 0 aliphatic carbocycles. The van der Waals surface area contributed by atoms with Crippen LogP contribution in [0.4, 0.5) is 35.1 Å². The van der Waals surface area contributed by atoms with Crippen LogP contribution in [0.2, 0.25) is 0 Å². The molecule has 0 unspecified atom stereocenters. The molecular formula is C28H36F8O. The van der Waals surface area contributed by atoms with E-state index in [-0.39, 0.29) is 11.0 Å². The Balaban J connectivity index is 0.000000303. The van der Waals surface area contributed by atoms with Crippen LogP contribution in [0.15, 0.2) is 30.3 Å². The van der Waals surface area contributed by atoms with E-state index in [4.69, 9.17) is 0 Å². The Morgan fingerprint density at radius 2 is 1.19 bits per heavy atom. The summed E-state index contributed by atoms with van der Waals surface area (Å²) in [6.45, 7) is 14.3. The molecule has 1 saturated heterocycles. The van der Waals surface area contributed by atoms with Gasteiger partial charge in [0.25, 0.3) is 0 Å². The van der Waals surface area contributed by atoms with E-state index in [1.165, 1.54) is 25.0 Å². The minimum absolute atomic E-state index is 0.152. The first kappa shape index (κ1) is 32.9. The summed E-state index contributed by atoms with van der Waals surface area (Å²) < 4.78 is 104. The second-order valence-corrected chi connectivity index (χ2v) is 11.1. The van der Waals surface area contributed by atoms with Crippen molar-refractivity contribution in [1.29, 1.82) is 0 Å². The van der Waals surface area contributed by atoms with Crippen molar-refractivity contribution in [2.45, 2.75) is 84.5 Å². The van der Waals surface area contributed by atoms with E-state index in [0.717, 1.165) is 24.8 Å². The van der Waals surface area contributed by atoms with Crippen LogP contribution in [0.25, 0.3) is 0 Å². The summed E-state index contributed by atoms with van der Waals surface area (Å²) >= 11 is 0. The Kier molecular flexibility index (Phi) is 10.8. The summed E-state index contributed by atoms with van der Waals surface area (Å²) in [5.74, 6) is -3.11. The Hall–Kier alpha value is -2.16. The molecule has 1 heterocycles. The summed E-state index contributed by atoms with van der Waals surface area (Å²) in [6.07, 6.45) is -6.65. The molecule has 37 heavy (non-hydrogen) atoms. The van der Waals surface area contributed by atoms with Crippen LogP contribution in [0.1, 0.15) is 82.2 Å². The molecule has 210 valence electrons. The predicted octanol–water partition coefficient (Wildman–Crippen LogP) is 9.72. The minimum Gasteiger partial charge on any atom is -0.570 e. The molecule has 1 fully saturated rings. The standard InChI is InChI=1S/C12H15F3.C11H11F5.C5H10O/c1-8-5-9(11(2,3)4)7-10(6-8)12(13,14)15;1-10(2,3)6-4-5-7(12)8(9(6)13)11(14,15)16;1-6-4-2-3-5-6/h5-7H,1-4H3;4-5H,1-3H3;1-5H2. The van der Waals surface area contributed by atoms with Crippen LogP contribution in [0.3, 0.4) is 0 Å². The molecule has 0 bridgehead atoms. The summed E-state index contributed by atoms with van der Waals surface area (Å²) in [4.78, 5) is 0. The van der Waals surface area contributed by atoms with Crippen molar-refractivity contribution in [2.24, 2.45) is 0 Å². The third kappa shape index (κ3) is 10.3. The van der Waals surface area contributed by atoms with Crippen molar-refractivity contribution in [2.75, 3.05) is 13.2 Å². The Morgan fingerprint density at radius 3 is 1.54 bits per heavy atom. The van der Waals surface area contributed by atoms with Crippen LogP contribution in [0.5, 0.6) is 0 Å². The lowest BCUT2D eigenvalue weighted by atomic mass is 9.85. The Bertz CT molecular complexity index is 986. The zero-order valence-electron chi connectivity index (χ0n) is 22.4. The molecule has 0 atom stereocenters. The van der Waals surface area contributed by atoms with Gasteiger partial charge in [-0.3, -0.25) is 0 Å². The zero-order valence-corrected chi connectivity index (χ0v) is 22.4. The molecule has 1 nitrogen and oxygen atoms in total.